The number of H-pyrrole nitrogens is 1. The zero-order valence-corrected chi connectivity index (χ0v) is 12.0. The number of hydrogen-bond acceptors (Lipinski definition) is 2. The van der Waals surface area contributed by atoms with Crippen LogP contribution >= 0.6 is 0 Å². The van der Waals surface area contributed by atoms with Crippen LogP contribution in [0.25, 0.3) is 10.9 Å². The van der Waals surface area contributed by atoms with Gasteiger partial charge in [0.15, 0.2) is 5.78 Å². The second-order valence-corrected chi connectivity index (χ2v) is 5.71. The number of ketones is 1. The highest BCUT2D eigenvalue weighted by molar-refractivity contribution is 5.90. The number of aromatic amines is 1. The number of aryl methyl sites for hydroxylation is 1. The van der Waals surface area contributed by atoms with E-state index >= 15 is 0 Å². The van der Waals surface area contributed by atoms with Crippen LogP contribution in [-0.4, -0.2) is 22.7 Å². The molecule has 1 saturated carbocycles. The topological polar surface area (TPSA) is 62.0 Å². The summed E-state index contributed by atoms with van der Waals surface area (Å²) in [6.45, 7) is 0. The van der Waals surface area contributed by atoms with E-state index in [9.17, 15) is 9.59 Å². The number of hydrogen-bond donors (Lipinski definition) is 2. The van der Waals surface area contributed by atoms with Crippen LogP contribution in [-0.2, 0) is 16.0 Å². The summed E-state index contributed by atoms with van der Waals surface area (Å²) in [4.78, 5) is 26.7. The molecule has 1 aromatic heterocycles. The molecule has 4 heteroatoms. The van der Waals surface area contributed by atoms with Crippen molar-refractivity contribution in [2.45, 2.75) is 44.6 Å². The van der Waals surface area contributed by atoms with Crippen LogP contribution in [0.15, 0.2) is 30.3 Å². The van der Waals surface area contributed by atoms with Crippen molar-refractivity contribution in [2.75, 3.05) is 0 Å². The molecule has 0 spiro atoms. The van der Waals surface area contributed by atoms with Crippen molar-refractivity contribution in [2.24, 2.45) is 0 Å². The van der Waals surface area contributed by atoms with Gasteiger partial charge in [-0.2, -0.15) is 0 Å². The Balaban J connectivity index is 1.47. The molecular weight excluding hydrogens is 264 g/mol. The fourth-order valence-electron chi connectivity index (χ4n) is 2.94. The molecule has 0 bridgehead atoms. The first kappa shape index (κ1) is 13.9. The van der Waals surface area contributed by atoms with E-state index in [-0.39, 0.29) is 17.7 Å². The third-order valence-corrected chi connectivity index (χ3v) is 4.08. The van der Waals surface area contributed by atoms with E-state index in [1.807, 2.05) is 12.1 Å². The highest BCUT2D eigenvalue weighted by Gasteiger charge is 2.25. The fraction of sp³-hybridized carbons (Fsp3) is 0.412. The molecule has 1 fully saturated rings. The lowest BCUT2D eigenvalue weighted by atomic mass is 10.1. The van der Waals surface area contributed by atoms with Gasteiger partial charge in [0.05, 0.1) is 6.04 Å². The first-order valence-electron chi connectivity index (χ1n) is 7.61. The molecular formula is C17H20N2O2. The molecule has 1 amide bonds. The predicted molar refractivity (Wildman–Crippen MR) is 82.0 cm³/mol. The Kier molecular flexibility index (Phi) is 4.04. The number of para-hydroxylation sites is 1. The molecule has 1 heterocycles. The zero-order chi connectivity index (χ0) is 14.7. The summed E-state index contributed by atoms with van der Waals surface area (Å²) in [5.41, 5.74) is 2.29. The molecule has 1 aliphatic carbocycles. The molecule has 0 saturated heterocycles. The van der Waals surface area contributed by atoms with Crippen molar-refractivity contribution in [1.82, 2.24) is 10.3 Å². The maximum Gasteiger partial charge on any atom is 0.220 e. The molecule has 2 N–H and O–H groups in total. The minimum absolute atomic E-state index is 0.00800. The maximum atomic E-state index is 11.8. The summed E-state index contributed by atoms with van der Waals surface area (Å²) in [5, 5.41) is 4.05. The number of benzene rings is 1. The Hall–Kier alpha value is -2.10. The number of nitrogens with one attached hydrogen (secondary N) is 2. The lowest BCUT2D eigenvalue weighted by Crippen LogP contribution is -2.37. The van der Waals surface area contributed by atoms with Gasteiger partial charge in [0.25, 0.3) is 0 Å². The van der Waals surface area contributed by atoms with Crippen molar-refractivity contribution in [3.8, 4) is 0 Å². The van der Waals surface area contributed by atoms with Crippen molar-refractivity contribution < 1.29 is 9.59 Å². The van der Waals surface area contributed by atoms with Gasteiger partial charge in [-0.3, -0.25) is 9.59 Å². The normalized spacial score (nSPS) is 18.3. The summed E-state index contributed by atoms with van der Waals surface area (Å²) in [5.74, 6) is 0.172. The van der Waals surface area contributed by atoms with Crippen LogP contribution in [0.4, 0.5) is 0 Å². The molecule has 0 radical (unpaired) electrons. The van der Waals surface area contributed by atoms with Gasteiger partial charge in [0, 0.05) is 24.1 Å². The van der Waals surface area contributed by atoms with E-state index in [0.717, 1.165) is 36.9 Å². The smallest absolute Gasteiger partial charge is 0.220 e. The van der Waals surface area contributed by atoms with Crippen LogP contribution in [0, 0.1) is 0 Å². The van der Waals surface area contributed by atoms with Gasteiger partial charge in [0.2, 0.25) is 5.91 Å². The minimum atomic E-state index is -0.231. The summed E-state index contributed by atoms with van der Waals surface area (Å²) < 4.78 is 0. The third-order valence-electron chi connectivity index (χ3n) is 4.08. The monoisotopic (exact) mass is 284 g/mol. The third kappa shape index (κ3) is 3.32. The summed E-state index contributed by atoms with van der Waals surface area (Å²) in [6, 6.07) is 10.1. The van der Waals surface area contributed by atoms with Crippen LogP contribution < -0.4 is 5.32 Å². The molecule has 0 aliphatic heterocycles. The second-order valence-electron chi connectivity index (χ2n) is 5.71. The average Bonchev–Trinajstić information content (AvgIpc) is 3.05. The number of amides is 1. The molecule has 1 atom stereocenters. The number of carbonyl (C=O) groups is 2. The fourth-order valence-corrected chi connectivity index (χ4v) is 2.94. The van der Waals surface area contributed by atoms with Crippen molar-refractivity contribution >= 4 is 22.6 Å². The molecule has 110 valence electrons. The van der Waals surface area contributed by atoms with Gasteiger partial charge in [-0.05, 0) is 43.2 Å². The van der Waals surface area contributed by atoms with E-state index in [1.54, 1.807) is 0 Å². The molecule has 4 nitrogen and oxygen atoms in total. The second kappa shape index (κ2) is 6.12. The van der Waals surface area contributed by atoms with Gasteiger partial charge in [-0.25, -0.2) is 0 Å². The van der Waals surface area contributed by atoms with Gasteiger partial charge < -0.3 is 10.3 Å². The first-order valence-corrected chi connectivity index (χ1v) is 7.61. The van der Waals surface area contributed by atoms with E-state index < -0.39 is 0 Å². The summed E-state index contributed by atoms with van der Waals surface area (Å²) in [6.07, 6.45) is 4.42. The number of Topliss-reactive ketones (excluding diaryl/α,β-unsaturated/α-hetero) is 1. The summed E-state index contributed by atoms with van der Waals surface area (Å²) >= 11 is 0. The van der Waals surface area contributed by atoms with Crippen LogP contribution in [0.2, 0.25) is 0 Å². The standard InChI is InChI=1S/C17H20N2O2/c20-16-9-4-8-15(16)19-17(21)10-3-6-13-11-12-5-1-2-7-14(12)18-13/h1-2,5,7,11,15,18H,3-4,6,8-10H2,(H,19,21). The molecule has 1 aliphatic rings. The van der Waals surface area contributed by atoms with Crippen molar-refractivity contribution in [1.29, 1.82) is 0 Å². The number of fused-ring (bicyclic) bond motifs is 1. The zero-order valence-electron chi connectivity index (χ0n) is 12.0. The predicted octanol–water partition coefficient (Wildman–Crippen LogP) is 2.73. The van der Waals surface area contributed by atoms with Crippen molar-refractivity contribution in [3.63, 3.8) is 0 Å². The Morgan fingerprint density at radius 2 is 2.19 bits per heavy atom. The number of aromatic nitrogens is 1. The Bertz CT molecular complexity index is 627. The highest BCUT2D eigenvalue weighted by Crippen LogP contribution is 2.17. The minimum Gasteiger partial charge on any atom is -0.358 e. The highest BCUT2D eigenvalue weighted by atomic mass is 16.2. The largest absolute Gasteiger partial charge is 0.358 e. The number of carbonyl (C=O) groups excluding carboxylic acids is 2. The van der Waals surface area contributed by atoms with E-state index in [4.69, 9.17) is 0 Å². The lowest BCUT2D eigenvalue weighted by Gasteiger charge is -2.10. The van der Waals surface area contributed by atoms with E-state index in [1.165, 1.54) is 5.39 Å². The van der Waals surface area contributed by atoms with Crippen molar-refractivity contribution in [3.05, 3.63) is 36.0 Å². The van der Waals surface area contributed by atoms with Gasteiger partial charge >= 0.3 is 0 Å². The van der Waals surface area contributed by atoms with E-state index in [2.05, 4.69) is 28.5 Å². The Morgan fingerprint density at radius 3 is 2.95 bits per heavy atom. The lowest BCUT2D eigenvalue weighted by molar-refractivity contribution is -0.126. The molecule has 21 heavy (non-hydrogen) atoms. The van der Waals surface area contributed by atoms with Gasteiger partial charge in [0.1, 0.15) is 0 Å². The molecule has 1 unspecified atom stereocenters. The van der Waals surface area contributed by atoms with Crippen LogP contribution in [0.3, 0.4) is 0 Å². The average molecular weight is 284 g/mol. The molecule has 2 aromatic rings. The van der Waals surface area contributed by atoms with E-state index in [0.29, 0.717) is 12.8 Å². The van der Waals surface area contributed by atoms with Crippen LogP contribution in [0.5, 0.6) is 0 Å². The quantitative estimate of drug-likeness (QED) is 0.886. The van der Waals surface area contributed by atoms with Gasteiger partial charge in [-0.1, -0.05) is 18.2 Å². The molecule has 1 aromatic carbocycles. The number of rotatable bonds is 5. The SMILES string of the molecule is O=C(CCCc1cc2ccccc2[nH]1)NC1CCCC1=O. The maximum absolute atomic E-state index is 11.8. The Labute approximate surface area is 123 Å². The van der Waals surface area contributed by atoms with Gasteiger partial charge in [-0.15, -0.1) is 0 Å². The Morgan fingerprint density at radius 1 is 1.33 bits per heavy atom. The first-order chi connectivity index (χ1) is 10.2. The van der Waals surface area contributed by atoms with Crippen LogP contribution in [0.1, 0.15) is 37.8 Å². The molecule has 3 rings (SSSR count). The summed E-state index contributed by atoms with van der Waals surface area (Å²) in [7, 11) is 0.